The van der Waals surface area contributed by atoms with Gasteiger partial charge in [0.2, 0.25) is 0 Å². The summed E-state index contributed by atoms with van der Waals surface area (Å²) in [6.07, 6.45) is 3.91. The first-order valence-electron chi connectivity index (χ1n) is 6.65. The van der Waals surface area contributed by atoms with Crippen LogP contribution in [-0.2, 0) is 14.6 Å². The molecular weight excluding hydrogens is 252 g/mol. The number of ether oxygens (including phenoxy) is 1. The van der Waals surface area contributed by atoms with Gasteiger partial charge in [0.25, 0.3) is 0 Å². The number of morpholine rings is 1. The first kappa shape index (κ1) is 14.2. The van der Waals surface area contributed by atoms with Gasteiger partial charge in [-0.05, 0) is 19.8 Å². The topological polar surface area (TPSA) is 72.6 Å². The number of rotatable bonds is 3. The summed E-state index contributed by atoms with van der Waals surface area (Å²) in [5, 5.41) is -0.324. The van der Waals surface area contributed by atoms with Crippen LogP contribution in [-0.4, -0.2) is 62.7 Å². The van der Waals surface area contributed by atoms with Crippen LogP contribution < -0.4 is 5.73 Å². The van der Waals surface area contributed by atoms with Gasteiger partial charge in [-0.3, -0.25) is 4.90 Å². The van der Waals surface area contributed by atoms with E-state index in [-0.39, 0.29) is 16.8 Å². The van der Waals surface area contributed by atoms with Crippen LogP contribution in [0.3, 0.4) is 0 Å². The summed E-state index contributed by atoms with van der Waals surface area (Å²) >= 11 is 0. The van der Waals surface area contributed by atoms with Crippen LogP contribution in [0.5, 0.6) is 0 Å². The summed E-state index contributed by atoms with van der Waals surface area (Å²) in [5.74, 6) is 0. The van der Waals surface area contributed by atoms with Crippen molar-refractivity contribution >= 4 is 9.84 Å². The van der Waals surface area contributed by atoms with Crippen LogP contribution in [0.25, 0.3) is 0 Å². The molecule has 2 fully saturated rings. The quantitative estimate of drug-likeness (QED) is 0.785. The maximum atomic E-state index is 12.0. The van der Waals surface area contributed by atoms with Gasteiger partial charge in [-0.2, -0.15) is 0 Å². The molecule has 2 aliphatic rings. The molecule has 0 aromatic carbocycles. The van der Waals surface area contributed by atoms with Gasteiger partial charge in [-0.15, -0.1) is 0 Å². The zero-order chi connectivity index (χ0) is 13.4. The van der Waals surface area contributed by atoms with E-state index in [9.17, 15) is 8.42 Å². The Kier molecular flexibility index (Phi) is 4.02. The molecule has 1 saturated carbocycles. The normalized spacial score (nSPS) is 39.1. The van der Waals surface area contributed by atoms with Gasteiger partial charge >= 0.3 is 0 Å². The molecule has 0 spiro atoms. The second-order valence-electron chi connectivity index (χ2n) is 5.64. The van der Waals surface area contributed by atoms with Crippen LogP contribution >= 0.6 is 0 Å². The molecule has 3 atom stereocenters. The highest BCUT2D eigenvalue weighted by molar-refractivity contribution is 7.91. The van der Waals surface area contributed by atoms with E-state index in [0.29, 0.717) is 19.8 Å². The van der Waals surface area contributed by atoms with Crippen LogP contribution in [0.1, 0.15) is 26.2 Å². The number of hydrogen-bond acceptors (Lipinski definition) is 5. The van der Waals surface area contributed by atoms with Crippen molar-refractivity contribution in [2.24, 2.45) is 5.73 Å². The molecule has 6 heteroatoms. The third-order valence-corrected chi connectivity index (χ3v) is 6.19. The Balaban J connectivity index is 2.34. The Morgan fingerprint density at radius 2 is 2.22 bits per heavy atom. The van der Waals surface area contributed by atoms with Gasteiger partial charge < -0.3 is 10.5 Å². The van der Waals surface area contributed by atoms with Crippen LogP contribution in [0.4, 0.5) is 0 Å². The van der Waals surface area contributed by atoms with Gasteiger partial charge in [0, 0.05) is 25.4 Å². The van der Waals surface area contributed by atoms with Crippen molar-refractivity contribution in [1.29, 1.82) is 0 Å². The van der Waals surface area contributed by atoms with Crippen molar-refractivity contribution in [2.45, 2.75) is 43.0 Å². The molecule has 2 rings (SSSR count). The molecule has 5 nitrogen and oxygen atoms in total. The first-order valence-corrected chi connectivity index (χ1v) is 8.61. The Morgan fingerprint density at radius 3 is 2.78 bits per heavy atom. The molecule has 0 aromatic rings. The molecule has 3 unspecified atom stereocenters. The molecule has 2 N–H and O–H groups in total. The van der Waals surface area contributed by atoms with Crippen LogP contribution in [0.2, 0.25) is 0 Å². The Labute approximate surface area is 110 Å². The second kappa shape index (κ2) is 5.07. The average Bonchev–Trinajstić information content (AvgIpc) is 2.74. The average molecular weight is 276 g/mol. The minimum Gasteiger partial charge on any atom is -0.379 e. The SMILES string of the molecule is CC1COCCN1C1(CN)CCCC1S(C)(=O)=O. The van der Waals surface area contributed by atoms with Gasteiger partial charge in [-0.1, -0.05) is 6.42 Å². The third kappa shape index (κ3) is 2.31. The number of nitrogens with two attached hydrogens (primary N) is 1. The van der Waals surface area contributed by atoms with E-state index < -0.39 is 9.84 Å². The van der Waals surface area contributed by atoms with E-state index in [1.807, 2.05) is 0 Å². The predicted octanol–water partition coefficient (Wildman–Crippen LogP) is 0.00170. The third-order valence-electron chi connectivity index (χ3n) is 4.49. The summed E-state index contributed by atoms with van der Waals surface area (Å²) in [4.78, 5) is 2.29. The van der Waals surface area contributed by atoms with Gasteiger partial charge in [-0.25, -0.2) is 8.42 Å². The maximum absolute atomic E-state index is 12.0. The molecule has 0 amide bonds. The standard InChI is InChI=1S/C12H24N2O3S/c1-10-8-17-7-6-14(10)12(9-13)5-3-4-11(12)18(2,15)16/h10-11H,3-9,13H2,1-2H3. The molecule has 1 heterocycles. The monoisotopic (exact) mass is 276 g/mol. The highest BCUT2D eigenvalue weighted by atomic mass is 32.2. The van der Waals surface area contributed by atoms with Crippen molar-refractivity contribution in [1.82, 2.24) is 4.90 Å². The first-order chi connectivity index (χ1) is 8.42. The zero-order valence-corrected chi connectivity index (χ0v) is 12.1. The molecule has 18 heavy (non-hydrogen) atoms. The summed E-state index contributed by atoms with van der Waals surface area (Å²) in [5.41, 5.74) is 5.62. The van der Waals surface area contributed by atoms with E-state index in [4.69, 9.17) is 10.5 Å². The lowest BCUT2D eigenvalue weighted by Gasteiger charge is -2.49. The molecule has 1 aliphatic carbocycles. The summed E-state index contributed by atoms with van der Waals surface area (Å²) < 4.78 is 29.5. The van der Waals surface area contributed by atoms with E-state index in [2.05, 4.69) is 11.8 Å². The highest BCUT2D eigenvalue weighted by Crippen LogP contribution is 2.40. The lowest BCUT2D eigenvalue weighted by Crippen LogP contribution is -2.65. The summed E-state index contributed by atoms with van der Waals surface area (Å²) in [6.45, 7) is 4.62. The largest absolute Gasteiger partial charge is 0.379 e. The zero-order valence-electron chi connectivity index (χ0n) is 11.3. The number of sulfone groups is 1. The lowest BCUT2D eigenvalue weighted by molar-refractivity contribution is -0.0534. The fraction of sp³-hybridized carbons (Fsp3) is 1.00. The van der Waals surface area contributed by atoms with Gasteiger partial charge in [0.05, 0.1) is 24.0 Å². The van der Waals surface area contributed by atoms with Crippen LogP contribution in [0.15, 0.2) is 0 Å². The molecule has 0 bridgehead atoms. The fourth-order valence-electron chi connectivity index (χ4n) is 3.70. The second-order valence-corrected chi connectivity index (χ2v) is 7.86. The van der Waals surface area contributed by atoms with Crippen molar-refractivity contribution < 1.29 is 13.2 Å². The van der Waals surface area contributed by atoms with Crippen molar-refractivity contribution in [3.8, 4) is 0 Å². The van der Waals surface area contributed by atoms with E-state index >= 15 is 0 Å². The Hall–Kier alpha value is -0.170. The van der Waals surface area contributed by atoms with Crippen molar-refractivity contribution in [3.63, 3.8) is 0 Å². The number of nitrogens with zero attached hydrogens (tertiary/aromatic N) is 1. The lowest BCUT2D eigenvalue weighted by atomic mass is 9.92. The Bertz CT molecular complexity index is 398. The highest BCUT2D eigenvalue weighted by Gasteiger charge is 2.52. The molecule has 106 valence electrons. The van der Waals surface area contributed by atoms with E-state index in [1.54, 1.807) is 0 Å². The summed E-state index contributed by atoms with van der Waals surface area (Å²) in [7, 11) is -3.06. The molecule has 1 aliphatic heterocycles. The van der Waals surface area contributed by atoms with E-state index in [1.165, 1.54) is 6.26 Å². The van der Waals surface area contributed by atoms with Crippen molar-refractivity contribution in [2.75, 3.05) is 32.6 Å². The predicted molar refractivity (Wildman–Crippen MR) is 71.3 cm³/mol. The van der Waals surface area contributed by atoms with Gasteiger partial charge in [0.1, 0.15) is 0 Å². The van der Waals surface area contributed by atoms with E-state index in [0.717, 1.165) is 25.8 Å². The smallest absolute Gasteiger partial charge is 0.152 e. The minimum absolute atomic E-state index is 0.240. The van der Waals surface area contributed by atoms with Crippen LogP contribution in [0, 0.1) is 0 Å². The molecule has 0 aromatic heterocycles. The minimum atomic E-state index is -3.06. The molecular formula is C12H24N2O3S. The van der Waals surface area contributed by atoms with Gasteiger partial charge in [0.15, 0.2) is 9.84 Å². The molecule has 0 radical (unpaired) electrons. The fourth-order valence-corrected chi connectivity index (χ4v) is 5.45. The number of hydrogen-bond donors (Lipinski definition) is 1. The maximum Gasteiger partial charge on any atom is 0.152 e. The Morgan fingerprint density at radius 1 is 1.50 bits per heavy atom. The van der Waals surface area contributed by atoms with Crippen molar-refractivity contribution in [3.05, 3.63) is 0 Å². The molecule has 1 saturated heterocycles. The summed E-state index contributed by atoms with van der Waals surface area (Å²) in [6, 6.07) is 0.240.